The number of nitrogens with two attached hydrogens (primary N) is 1. The van der Waals surface area contributed by atoms with Gasteiger partial charge in [0.15, 0.2) is 0 Å². The Bertz CT molecular complexity index is 1070. The van der Waals surface area contributed by atoms with Crippen molar-refractivity contribution in [2.75, 3.05) is 25.0 Å². The van der Waals surface area contributed by atoms with Gasteiger partial charge in [-0.05, 0) is 42.7 Å². The maximum atomic E-state index is 13.2. The molecule has 2 fully saturated rings. The second-order valence-corrected chi connectivity index (χ2v) is 9.74. The van der Waals surface area contributed by atoms with Crippen molar-refractivity contribution in [3.63, 3.8) is 0 Å². The van der Waals surface area contributed by atoms with E-state index in [4.69, 9.17) is 5.14 Å². The maximum absolute atomic E-state index is 13.2. The number of amides is 2. The summed E-state index contributed by atoms with van der Waals surface area (Å²) in [5.74, 6) is -0.442. The number of anilines is 1. The average Bonchev–Trinajstić information content (AvgIpc) is 3.29. The first-order valence-electron chi connectivity index (χ1n) is 10.6. The molecule has 2 saturated heterocycles. The van der Waals surface area contributed by atoms with Crippen LogP contribution in [-0.4, -0.2) is 44.8 Å². The van der Waals surface area contributed by atoms with Gasteiger partial charge < -0.3 is 10.2 Å². The quantitative estimate of drug-likeness (QED) is 0.529. The number of hydrogen-bond donors (Lipinski definition) is 4. The summed E-state index contributed by atoms with van der Waals surface area (Å²) in [6, 6.07) is 15.6. The topological polar surface area (TPSA) is 134 Å². The number of carbonyl (C=O) groups excluding carboxylic acids is 2. The lowest BCUT2D eigenvalue weighted by Crippen LogP contribution is -2.45. The summed E-state index contributed by atoms with van der Waals surface area (Å²) in [6.45, 7) is 1.62. The highest BCUT2D eigenvalue weighted by Crippen LogP contribution is 2.28. The molecule has 2 aliphatic heterocycles. The van der Waals surface area contributed by atoms with Gasteiger partial charge in [0.05, 0.1) is 16.9 Å². The van der Waals surface area contributed by atoms with E-state index in [9.17, 15) is 18.0 Å². The van der Waals surface area contributed by atoms with Gasteiger partial charge in [0.25, 0.3) is 0 Å². The van der Waals surface area contributed by atoms with E-state index in [2.05, 4.69) is 16.2 Å². The van der Waals surface area contributed by atoms with Crippen LogP contribution in [0.2, 0.25) is 0 Å². The standard InChI is InChI=1S/C22H27N5O4S/c23-32(30,31)18-8-6-17(7-9-18)25-21(28)16-10-12-27(13-11-16)22(29)19-14-24-26-20(19)15-4-2-1-3-5-15/h1-9,16,19-20,24,26H,10-14H2,(H,25,28)(H2,23,30,31). The monoisotopic (exact) mass is 457 g/mol. The number of hydrogen-bond acceptors (Lipinski definition) is 6. The molecule has 0 aromatic heterocycles. The van der Waals surface area contributed by atoms with E-state index < -0.39 is 10.0 Å². The minimum Gasteiger partial charge on any atom is -0.342 e. The highest BCUT2D eigenvalue weighted by Gasteiger charge is 2.38. The van der Waals surface area contributed by atoms with E-state index in [0.29, 0.717) is 38.2 Å². The molecule has 170 valence electrons. The number of likely N-dealkylation sites (tertiary alicyclic amines) is 1. The van der Waals surface area contributed by atoms with E-state index >= 15 is 0 Å². The molecule has 2 atom stereocenters. The van der Waals surface area contributed by atoms with Crippen molar-refractivity contribution in [2.45, 2.75) is 23.8 Å². The first-order valence-corrected chi connectivity index (χ1v) is 12.1. The van der Waals surface area contributed by atoms with Crippen LogP contribution in [0.4, 0.5) is 5.69 Å². The summed E-state index contributed by atoms with van der Waals surface area (Å²) in [6.07, 6.45) is 1.16. The predicted octanol–water partition coefficient (Wildman–Crippen LogP) is 0.976. The number of rotatable bonds is 5. The molecule has 0 bridgehead atoms. The molecule has 32 heavy (non-hydrogen) atoms. The molecule has 0 aliphatic carbocycles. The van der Waals surface area contributed by atoms with Crippen molar-refractivity contribution in [1.82, 2.24) is 15.8 Å². The zero-order valence-corrected chi connectivity index (χ0v) is 18.3. The van der Waals surface area contributed by atoms with E-state index in [0.717, 1.165) is 5.56 Å². The Morgan fingerprint density at radius 2 is 1.66 bits per heavy atom. The van der Waals surface area contributed by atoms with Crippen LogP contribution >= 0.6 is 0 Å². The fraction of sp³-hybridized carbons (Fsp3) is 0.364. The first kappa shape index (κ1) is 22.4. The molecule has 2 aromatic carbocycles. The summed E-state index contributed by atoms with van der Waals surface area (Å²) < 4.78 is 22.7. The number of hydrazine groups is 1. The van der Waals surface area contributed by atoms with Gasteiger partial charge in [-0.15, -0.1) is 0 Å². The fourth-order valence-electron chi connectivity index (χ4n) is 4.27. The van der Waals surface area contributed by atoms with Gasteiger partial charge in [-0.25, -0.2) is 19.0 Å². The summed E-state index contributed by atoms with van der Waals surface area (Å²) in [5.41, 5.74) is 7.88. The van der Waals surface area contributed by atoms with E-state index in [-0.39, 0.29) is 34.6 Å². The van der Waals surface area contributed by atoms with Crippen LogP contribution in [0.1, 0.15) is 24.4 Å². The molecule has 0 spiro atoms. The lowest BCUT2D eigenvalue weighted by atomic mass is 9.91. The number of benzene rings is 2. The molecule has 0 saturated carbocycles. The number of nitrogens with one attached hydrogen (secondary N) is 3. The Balaban J connectivity index is 1.31. The zero-order chi connectivity index (χ0) is 22.7. The molecule has 2 aliphatic rings. The van der Waals surface area contributed by atoms with Gasteiger partial charge in [-0.3, -0.25) is 15.0 Å². The van der Waals surface area contributed by atoms with E-state index in [1.807, 2.05) is 35.2 Å². The third kappa shape index (κ3) is 4.99. The average molecular weight is 458 g/mol. The smallest absolute Gasteiger partial charge is 0.238 e. The van der Waals surface area contributed by atoms with Crippen LogP contribution in [0.3, 0.4) is 0 Å². The summed E-state index contributed by atoms with van der Waals surface area (Å²) in [7, 11) is -3.77. The van der Waals surface area contributed by atoms with Crippen molar-refractivity contribution in [1.29, 1.82) is 0 Å². The highest BCUT2D eigenvalue weighted by molar-refractivity contribution is 7.89. The lowest BCUT2D eigenvalue weighted by molar-refractivity contribution is -0.138. The van der Waals surface area contributed by atoms with Crippen molar-refractivity contribution in [3.8, 4) is 0 Å². The van der Waals surface area contributed by atoms with Crippen LogP contribution in [0.25, 0.3) is 0 Å². The van der Waals surface area contributed by atoms with E-state index in [1.54, 1.807) is 0 Å². The third-order valence-electron chi connectivity index (χ3n) is 6.09. The van der Waals surface area contributed by atoms with Crippen molar-refractivity contribution in [2.24, 2.45) is 17.0 Å². The highest BCUT2D eigenvalue weighted by atomic mass is 32.2. The predicted molar refractivity (Wildman–Crippen MR) is 120 cm³/mol. The Hall–Kier alpha value is -2.79. The Kier molecular flexibility index (Phi) is 6.56. The molecule has 4 rings (SSSR count). The van der Waals surface area contributed by atoms with Gasteiger partial charge in [-0.2, -0.15) is 0 Å². The van der Waals surface area contributed by atoms with Crippen molar-refractivity contribution >= 4 is 27.5 Å². The Morgan fingerprint density at radius 3 is 2.28 bits per heavy atom. The van der Waals surface area contributed by atoms with Crippen LogP contribution in [0.15, 0.2) is 59.5 Å². The molecular formula is C22H27N5O4S. The molecule has 9 nitrogen and oxygen atoms in total. The minimum absolute atomic E-state index is 0.00739. The van der Waals surface area contributed by atoms with Crippen LogP contribution < -0.4 is 21.3 Å². The number of nitrogens with zero attached hydrogens (tertiary/aromatic N) is 1. The second kappa shape index (κ2) is 9.37. The fourth-order valence-corrected chi connectivity index (χ4v) is 4.79. The first-order chi connectivity index (χ1) is 15.3. The maximum Gasteiger partial charge on any atom is 0.238 e. The molecule has 5 N–H and O–H groups in total. The number of sulfonamides is 1. The van der Waals surface area contributed by atoms with Crippen LogP contribution in [-0.2, 0) is 19.6 Å². The molecule has 0 radical (unpaired) electrons. The molecule has 2 aromatic rings. The van der Waals surface area contributed by atoms with Gasteiger partial charge in [-0.1, -0.05) is 30.3 Å². The van der Waals surface area contributed by atoms with Gasteiger partial charge in [0.1, 0.15) is 0 Å². The summed E-state index contributed by atoms with van der Waals surface area (Å²) in [5, 5.41) is 7.91. The molecule has 2 heterocycles. The summed E-state index contributed by atoms with van der Waals surface area (Å²) in [4.78, 5) is 27.6. The van der Waals surface area contributed by atoms with Crippen molar-refractivity contribution < 1.29 is 18.0 Å². The number of piperidine rings is 1. The molecule has 2 unspecified atom stereocenters. The minimum atomic E-state index is -3.77. The van der Waals surface area contributed by atoms with Crippen LogP contribution in [0.5, 0.6) is 0 Å². The molecular weight excluding hydrogens is 430 g/mol. The van der Waals surface area contributed by atoms with Gasteiger partial charge in [0, 0.05) is 31.2 Å². The largest absolute Gasteiger partial charge is 0.342 e. The van der Waals surface area contributed by atoms with Crippen molar-refractivity contribution in [3.05, 3.63) is 60.2 Å². The Morgan fingerprint density at radius 1 is 1.00 bits per heavy atom. The zero-order valence-electron chi connectivity index (χ0n) is 17.5. The van der Waals surface area contributed by atoms with Crippen LogP contribution in [0, 0.1) is 11.8 Å². The second-order valence-electron chi connectivity index (χ2n) is 8.18. The van der Waals surface area contributed by atoms with E-state index in [1.165, 1.54) is 24.3 Å². The molecule has 2 amide bonds. The normalized spacial score (nSPS) is 22.0. The lowest BCUT2D eigenvalue weighted by Gasteiger charge is -2.34. The summed E-state index contributed by atoms with van der Waals surface area (Å²) >= 11 is 0. The number of carbonyl (C=O) groups is 2. The molecule has 10 heteroatoms. The van der Waals surface area contributed by atoms with Gasteiger partial charge in [0.2, 0.25) is 21.8 Å². The Labute approximate surface area is 187 Å². The van der Waals surface area contributed by atoms with Gasteiger partial charge >= 0.3 is 0 Å². The third-order valence-corrected chi connectivity index (χ3v) is 7.01. The number of primary sulfonamides is 1. The SMILES string of the molecule is NS(=O)(=O)c1ccc(NC(=O)C2CCN(C(=O)C3CNNC3c3ccccc3)CC2)cc1.